The lowest BCUT2D eigenvalue weighted by atomic mass is 10.2. The minimum atomic E-state index is -0.296. The Bertz CT molecular complexity index is 318. The van der Waals surface area contributed by atoms with Gasteiger partial charge in [-0.2, -0.15) is 0 Å². The van der Waals surface area contributed by atoms with Crippen LogP contribution in [-0.2, 0) is 16.1 Å². The molecule has 0 saturated carbocycles. The number of ether oxygens (including phenoxy) is 2. The number of nitrogen functional groups attached to an aromatic ring is 1. The number of benzene rings is 1. The first kappa shape index (κ1) is 12.9. The summed E-state index contributed by atoms with van der Waals surface area (Å²) < 4.78 is 23.5. The Balaban J connectivity index is 2.23. The first-order valence-electron chi connectivity index (χ1n) is 5.43. The minimum Gasteiger partial charge on any atom is -0.398 e. The van der Waals surface area contributed by atoms with E-state index in [1.165, 1.54) is 12.1 Å². The Kier molecular flexibility index (Phi) is 5.82. The molecule has 0 fully saturated rings. The van der Waals surface area contributed by atoms with Gasteiger partial charge in [0.1, 0.15) is 5.82 Å². The third kappa shape index (κ3) is 4.59. The molecular formula is C12H18FNO2. The van der Waals surface area contributed by atoms with E-state index in [1.807, 2.05) is 6.92 Å². The number of hydrogen-bond donors (Lipinski definition) is 1. The van der Waals surface area contributed by atoms with Crippen LogP contribution < -0.4 is 5.73 Å². The van der Waals surface area contributed by atoms with Crippen molar-refractivity contribution in [1.29, 1.82) is 0 Å². The van der Waals surface area contributed by atoms with Gasteiger partial charge < -0.3 is 15.2 Å². The monoisotopic (exact) mass is 227 g/mol. The van der Waals surface area contributed by atoms with E-state index in [0.29, 0.717) is 31.1 Å². The highest BCUT2D eigenvalue weighted by atomic mass is 19.1. The van der Waals surface area contributed by atoms with E-state index in [9.17, 15) is 4.39 Å². The molecule has 0 aliphatic carbocycles. The fourth-order valence-electron chi connectivity index (χ4n) is 1.25. The van der Waals surface area contributed by atoms with E-state index in [-0.39, 0.29) is 5.82 Å². The normalized spacial score (nSPS) is 10.6. The largest absolute Gasteiger partial charge is 0.398 e. The van der Waals surface area contributed by atoms with Crippen LogP contribution in [0.5, 0.6) is 0 Å². The molecule has 0 unspecified atom stereocenters. The molecule has 0 aliphatic rings. The Morgan fingerprint density at radius 1 is 1.19 bits per heavy atom. The number of hydrogen-bond acceptors (Lipinski definition) is 3. The standard InChI is InChI=1S/C12H18FNO2/c1-2-5-15-6-7-16-9-10-8-11(13)3-4-12(10)14/h3-4,8H,2,5-7,9,14H2,1H3. The molecule has 4 heteroatoms. The van der Waals surface area contributed by atoms with Crippen molar-refractivity contribution in [3.8, 4) is 0 Å². The first-order valence-corrected chi connectivity index (χ1v) is 5.43. The molecule has 0 aliphatic heterocycles. The maximum absolute atomic E-state index is 12.9. The zero-order valence-corrected chi connectivity index (χ0v) is 9.54. The van der Waals surface area contributed by atoms with Gasteiger partial charge in [0.05, 0.1) is 19.8 Å². The van der Waals surface area contributed by atoms with E-state index in [4.69, 9.17) is 15.2 Å². The topological polar surface area (TPSA) is 44.5 Å². The van der Waals surface area contributed by atoms with E-state index < -0.39 is 0 Å². The van der Waals surface area contributed by atoms with Gasteiger partial charge in [-0.15, -0.1) is 0 Å². The van der Waals surface area contributed by atoms with Crippen molar-refractivity contribution in [3.63, 3.8) is 0 Å². The first-order chi connectivity index (χ1) is 7.74. The summed E-state index contributed by atoms with van der Waals surface area (Å²) in [4.78, 5) is 0. The second-order valence-electron chi connectivity index (χ2n) is 3.51. The highest BCUT2D eigenvalue weighted by molar-refractivity contribution is 5.46. The van der Waals surface area contributed by atoms with Crippen molar-refractivity contribution in [2.45, 2.75) is 20.0 Å². The molecule has 0 heterocycles. The van der Waals surface area contributed by atoms with Crippen LogP contribution in [0.3, 0.4) is 0 Å². The summed E-state index contributed by atoms with van der Waals surface area (Å²) in [6, 6.07) is 4.27. The molecule has 2 N–H and O–H groups in total. The highest BCUT2D eigenvalue weighted by Gasteiger charge is 2.01. The minimum absolute atomic E-state index is 0.296. The number of nitrogens with two attached hydrogens (primary N) is 1. The van der Waals surface area contributed by atoms with Crippen molar-refractivity contribution in [3.05, 3.63) is 29.6 Å². The lowest BCUT2D eigenvalue weighted by Gasteiger charge is -2.07. The van der Waals surface area contributed by atoms with Crippen molar-refractivity contribution in [2.24, 2.45) is 0 Å². The van der Waals surface area contributed by atoms with Gasteiger partial charge in [0, 0.05) is 17.9 Å². The van der Waals surface area contributed by atoms with E-state index in [1.54, 1.807) is 6.07 Å². The van der Waals surface area contributed by atoms with Gasteiger partial charge >= 0.3 is 0 Å². The smallest absolute Gasteiger partial charge is 0.123 e. The van der Waals surface area contributed by atoms with Crippen molar-refractivity contribution >= 4 is 5.69 Å². The quantitative estimate of drug-likeness (QED) is 0.574. The lowest BCUT2D eigenvalue weighted by Crippen LogP contribution is -2.06. The summed E-state index contributed by atoms with van der Waals surface area (Å²) in [5.41, 5.74) is 6.90. The summed E-state index contributed by atoms with van der Waals surface area (Å²) in [7, 11) is 0. The fraction of sp³-hybridized carbons (Fsp3) is 0.500. The average Bonchev–Trinajstić information content (AvgIpc) is 2.28. The lowest BCUT2D eigenvalue weighted by molar-refractivity contribution is 0.0409. The predicted octanol–water partition coefficient (Wildman–Crippen LogP) is 2.35. The number of anilines is 1. The number of halogens is 1. The van der Waals surface area contributed by atoms with Crippen molar-refractivity contribution in [2.75, 3.05) is 25.6 Å². The summed E-state index contributed by atoms with van der Waals surface area (Å²) in [6.45, 7) is 4.16. The zero-order valence-electron chi connectivity index (χ0n) is 9.54. The summed E-state index contributed by atoms with van der Waals surface area (Å²) in [5.74, 6) is -0.296. The molecule has 0 saturated heterocycles. The average molecular weight is 227 g/mol. The van der Waals surface area contributed by atoms with Crippen LogP contribution in [0.4, 0.5) is 10.1 Å². The van der Waals surface area contributed by atoms with Crippen LogP contribution >= 0.6 is 0 Å². The van der Waals surface area contributed by atoms with Crippen molar-refractivity contribution in [1.82, 2.24) is 0 Å². The summed E-state index contributed by atoms with van der Waals surface area (Å²) in [5, 5.41) is 0. The molecule has 1 aromatic rings. The van der Waals surface area contributed by atoms with E-state index in [0.717, 1.165) is 13.0 Å². The second kappa shape index (κ2) is 7.19. The summed E-state index contributed by atoms with van der Waals surface area (Å²) in [6.07, 6.45) is 0.997. The molecule has 3 nitrogen and oxygen atoms in total. The van der Waals surface area contributed by atoms with Crippen molar-refractivity contribution < 1.29 is 13.9 Å². The molecule has 0 amide bonds. The molecule has 1 aromatic carbocycles. The van der Waals surface area contributed by atoms with E-state index in [2.05, 4.69) is 0 Å². The van der Waals surface area contributed by atoms with Gasteiger partial charge in [-0.1, -0.05) is 6.92 Å². The van der Waals surface area contributed by atoms with Crippen LogP contribution in [0.15, 0.2) is 18.2 Å². The van der Waals surface area contributed by atoms with Gasteiger partial charge in [-0.3, -0.25) is 0 Å². The molecule has 0 spiro atoms. The van der Waals surface area contributed by atoms with Gasteiger partial charge in [0.15, 0.2) is 0 Å². The Morgan fingerprint density at radius 3 is 2.69 bits per heavy atom. The zero-order chi connectivity index (χ0) is 11.8. The van der Waals surface area contributed by atoms with Crippen LogP contribution in [-0.4, -0.2) is 19.8 Å². The summed E-state index contributed by atoms with van der Waals surface area (Å²) >= 11 is 0. The maximum atomic E-state index is 12.9. The van der Waals surface area contributed by atoms with Crippen LogP contribution in [0.1, 0.15) is 18.9 Å². The Morgan fingerprint density at radius 2 is 1.94 bits per heavy atom. The fourth-order valence-corrected chi connectivity index (χ4v) is 1.25. The van der Waals surface area contributed by atoms with Crippen LogP contribution in [0, 0.1) is 5.82 Å². The molecule has 90 valence electrons. The molecule has 0 atom stereocenters. The van der Waals surface area contributed by atoms with E-state index >= 15 is 0 Å². The third-order valence-electron chi connectivity index (χ3n) is 2.08. The Hall–Kier alpha value is -1.13. The second-order valence-corrected chi connectivity index (χ2v) is 3.51. The van der Waals surface area contributed by atoms with Gasteiger partial charge in [-0.05, 0) is 24.6 Å². The molecule has 0 bridgehead atoms. The highest BCUT2D eigenvalue weighted by Crippen LogP contribution is 2.14. The van der Waals surface area contributed by atoms with Gasteiger partial charge in [0.25, 0.3) is 0 Å². The maximum Gasteiger partial charge on any atom is 0.123 e. The molecule has 0 aromatic heterocycles. The molecule has 0 radical (unpaired) electrons. The third-order valence-corrected chi connectivity index (χ3v) is 2.08. The van der Waals surface area contributed by atoms with Crippen LogP contribution in [0.25, 0.3) is 0 Å². The predicted molar refractivity (Wildman–Crippen MR) is 61.6 cm³/mol. The molecular weight excluding hydrogens is 209 g/mol. The van der Waals surface area contributed by atoms with Gasteiger partial charge in [-0.25, -0.2) is 4.39 Å². The number of rotatable bonds is 7. The van der Waals surface area contributed by atoms with Gasteiger partial charge in [0.2, 0.25) is 0 Å². The Labute approximate surface area is 95.4 Å². The molecule has 16 heavy (non-hydrogen) atoms. The van der Waals surface area contributed by atoms with Crippen LogP contribution in [0.2, 0.25) is 0 Å². The SMILES string of the molecule is CCCOCCOCc1cc(F)ccc1N. The molecule has 1 rings (SSSR count).